The van der Waals surface area contributed by atoms with E-state index in [1.54, 1.807) is 12.1 Å². The smallest absolute Gasteiger partial charge is 0.311 e. The van der Waals surface area contributed by atoms with Crippen LogP contribution < -0.4 is 0 Å². The van der Waals surface area contributed by atoms with Crippen LogP contribution in [0.4, 0.5) is 0 Å². The summed E-state index contributed by atoms with van der Waals surface area (Å²) < 4.78 is 0.585. The van der Waals surface area contributed by atoms with Crippen LogP contribution in [0.1, 0.15) is 42.9 Å². The van der Waals surface area contributed by atoms with E-state index in [0.29, 0.717) is 27.6 Å². The Balaban J connectivity index is 2.06. The molecule has 1 N–H and O–H groups in total. The zero-order valence-corrected chi connectivity index (χ0v) is 13.0. The second kappa shape index (κ2) is 4.98. The molecule has 2 aromatic rings. The summed E-state index contributed by atoms with van der Waals surface area (Å²) in [6.07, 6.45) is 1.25. The predicted octanol–water partition coefficient (Wildman–Crippen LogP) is 4.12. The molecule has 0 spiro atoms. The Bertz CT molecular complexity index is 714. The molecule has 0 bridgehead atoms. The van der Waals surface area contributed by atoms with Gasteiger partial charge in [-0.2, -0.15) is 0 Å². The molecule has 6 heteroatoms. The molecular formula is C14H11ClO3S2. The third-order valence-electron chi connectivity index (χ3n) is 3.54. The molecule has 2 aromatic heterocycles. The quantitative estimate of drug-likeness (QED) is 0.863. The molecule has 20 heavy (non-hydrogen) atoms. The molecule has 0 saturated heterocycles. The minimum Gasteiger partial charge on any atom is -0.481 e. The van der Waals surface area contributed by atoms with Crippen LogP contribution in [0, 0.1) is 6.92 Å². The van der Waals surface area contributed by atoms with E-state index in [2.05, 4.69) is 0 Å². The summed E-state index contributed by atoms with van der Waals surface area (Å²) in [6, 6.07) is 3.43. The predicted molar refractivity (Wildman–Crippen MR) is 80.5 cm³/mol. The van der Waals surface area contributed by atoms with Gasteiger partial charge in [0.2, 0.25) is 5.78 Å². The van der Waals surface area contributed by atoms with Crippen LogP contribution in [0.2, 0.25) is 4.34 Å². The number of hydrogen-bond donors (Lipinski definition) is 1. The number of fused-ring (bicyclic) bond motifs is 1. The molecule has 0 amide bonds. The molecule has 2 heterocycles. The molecule has 3 rings (SSSR count). The summed E-state index contributed by atoms with van der Waals surface area (Å²) in [5, 5.41) is 9.23. The minimum atomic E-state index is -0.803. The van der Waals surface area contributed by atoms with Crippen molar-refractivity contribution in [1.82, 2.24) is 0 Å². The topological polar surface area (TPSA) is 54.4 Å². The van der Waals surface area contributed by atoms with Gasteiger partial charge < -0.3 is 5.11 Å². The Morgan fingerprint density at radius 3 is 2.70 bits per heavy atom. The van der Waals surface area contributed by atoms with Crippen LogP contribution in [-0.4, -0.2) is 16.9 Å². The molecule has 1 atom stereocenters. The lowest BCUT2D eigenvalue weighted by atomic mass is 10.0. The number of aliphatic carboxylic acids is 1. The first kappa shape index (κ1) is 13.8. The van der Waals surface area contributed by atoms with E-state index in [1.165, 1.54) is 22.7 Å². The van der Waals surface area contributed by atoms with Gasteiger partial charge in [-0.3, -0.25) is 9.59 Å². The molecule has 1 aliphatic rings. The monoisotopic (exact) mass is 326 g/mol. The summed E-state index contributed by atoms with van der Waals surface area (Å²) in [5.74, 6) is -1.30. The molecule has 104 valence electrons. The van der Waals surface area contributed by atoms with Gasteiger partial charge in [0.15, 0.2) is 0 Å². The molecule has 1 aliphatic carbocycles. The van der Waals surface area contributed by atoms with Crippen molar-refractivity contribution in [3.8, 4) is 0 Å². The number of ketones is 1. The van der Waals surface area contributed by atoms with E-state index in [9.17, 15) is 14.7 Å². The summed E-state index contributed by atoms with van der Waals surface area (Å²) in [7, 11) is 0. The summed E-state index contributed by atoms with van der Waals surface area (Å²) >= 11 is 8.58. The third-order valence-corrected chi connectivity index (χ3v) is 6.03. The lowest BCUT2D eigenvalue weighted by molar-refractivity contribution is -0.138. The van der Waals surface area contributed by atoms with E-state index < -0.39 is 11.9 Å². The first-order chi connectivity index (χ1) is 9.49. The van der Waals surface area contributed by atoms with Gasteiger partial charge in [0.25, 0.3) is 0 Å². The van der Waals surface area contributed by atoms with E-state index in [0.717, 1.165) is 15.3 Å². The van der Waals surface area contributed by atoms with E-state index in [1.807, 2.05) is 6.92 Å². The Morgan fingerprint density at radius 1 is 1.35 bits per heavy atom. The Labute approximate surface area is 128 Å². The number of carboxylic acid groups (broad SMARTS) is 1. The average molecular weight is 327 g/mol. The molecular weight excluding hydrogens is 316 g/mol. The Kier molecular flexibility index (Phi) is 3.44. The standard InChI is InChI=1S/C14H11ClO3S2/c1-6-11(12(16)9-4-5-10(15)20-9)7-2-3-8(14(17)18)13(7)19-6/h4-5,8H,2-3H2,1H3,(H,17,18). The third kappa shape index (κ3) is 2.10. The van der Waals surface area contributed by atoms with Crippen molar-refractivity contribution in [1.29, 1.82) is 0 Å². The van der Waals surface area contributed by atoms with Crippen LogP contribution in [0.25, 0.3) is 0 Å². The first-order valence-corrected chi connectivity index (χ1v) is 8.15. The van der Waals surface area contributed by atoms with Crippen molar-refractivity contribution in [2.24, 2.45) is 0 Å². The normalized spacial score (nSPS) is 17.2. The number of carbonyl (C=O) groups is 2. The Morgan fingerprint density at radius 2 is 2.10 bits per heavy atom. The van der Waals surface area contributed by atoms with Crippen LogP contribution in [-0.2, 0) is 11.2 Å². The highest BCUT2D eigenvalue weighted by atomic mass is 35.5. The van der Waals surface area contributed by atoms with E-state index in [4.69, 9.17) is 11.6 Å². The maximum atomic E-state index is 12.6. The largest absolute Gasteiger partial charge is 0.481 e. The van der Waals surface area contributed by atoms with Gasteiger partial charge in [-0.1, -0.05) is 11.6 Å². The molecule has 0 saturated carbocycles. The van der Waals surface area contributed by atoms with Gasteiger partial charge in [-0.25, -0.2) is 0 Å². The van der Waals surface area contributed by atoms with E-state index >= 15 is 0 Å². The number of rotatable bonds is 3. The molecule has 1 unspecified atom stereocenters. The number of halogens is 1. The van der Waals surface area contributed by atoms with Gasteiger partial charge in [0.05, 0.1) is 15.1 Å². The zero-order valence-electron chi connectivity index (χ0n) is 10.6. The van der Waals surface area contributed by atoms with Crippen LogP contribution >= 0.6 is 34.3 Å². The van der Waals surface area contributed by atoms with Crippen molar-refractivity contribution in [2.75, 3.05) is 0 Å². The molecule has 0 radical (unpaired) electrons. The number of carboxylic acids is 1. The lowest BCUT2D eigenvalue weighted by Gasteiger charge is -2.01. The zero-order chi connectivity index (χ0) is 14.4. The summed E-state index contributed by atoms with van der Waals surface area (Å²) in [5.41, 5.74) is 1.61. The fraction of sp³-hybridized carbons (Fsp3) is 0.286. The maximum absolute atomic E-state index is 12.6. The molecule has 0 fully saturated rings. The van der Waals surface area contributed by atoms with Crippen molar-refractivity contribution in [3.63, 3.8) is 0 Å². The highest BCUT2D eigenvalue weighted by Gasteiger charge is 2.35. The maximum Gasteiger partial charge on any atom is 0.311 e. The van der Waals surface area contributed by atoms with Gasteiger partial charge in [-0.15, -0.1) is 22.7 Å². The molecule has 3 nitrogen and oxygen atoms in total. The van der Waals surface area contributed by atoms with Crippen LogP contribution in [0.5, 0.6) is 0 Å². The van der Waals surface area contributed by atoms with E-state index in [-0.39, 0.29) is 5.78 Å². The molecule has 0 aliphatic heterocycles. The summed E-state index contributed by atoms with van der Waals surface area (Å²) in [4.78, 5) is 26.2. The van der Waals surface area contributed by atoms with Gasteiger partial charge in [0.1, 0.15) is 0 Å². The second-order valence-corrected chi connectivity index (χ2v) is 7.71. The summed E-state index contributed by atoms with van der Waals surface area (Å²) in [6.45, 7) is 1.88. The Hall–Kier alpha value is -1.17. The highest BCUT2D eigenvalue weighted by molar-refractivity contribution is 7.18. The van der Waals surface area contributed by atoms with Crippen molar-refractivity contribution in [3.05, 3.63) is 42.2 Å². The van der Waals surface area contributed by atoms with Crippen molar-refractivity contribution in [2.45, 2.75) is 25.7 Å². The fourth-order valence-electron chi connectivity index (χ4n) is 2.65. The minimum absolute atomic E-state index is 0.0389. The first-order valence-electron chi connectivity index (χ1n) is 6.14. The number of aryl methyl sites for hydroxylation is 1. The number of hydrogen-bond acceptors (Lipinski definition) is 4. The number of thiophene rings is 2. The SMILES string of the molecule is Cc1sc2c(c1C(=O)c1ccc(Cl)s1)CCC2C(=O)O. The molecule has 0 aromatic carbocycles. The van der Waals surface area contributed by atoms with Crippen LogP contribution in [0.3, 0.4) is 0 Å². The van der Waals surface area contributed by atoms with Gasteiger partial charge in [0, 0.05) is 15.3 Å². The number of carbonyl (C=O) groups excluding carboxylic acids is 1. The highest BCUT2D eigenvalue weighted by Crippen LogP contribution is 2.43. The van der Waals surface area contributed by atoms with Gasteiger partial charge in [-0.05, 0) is 37.5 Å². The van der Waals surface area contributed by atoms with Gasteiger partial charge >= 0.3 is 5.97 Å². The van der Waals surface area contributed by atoms with Crippen molar-refractivity contribution < 1.29 is 14.7 Å². The second-order valence-electron chi connectivity index (χ2n) is 4.74. The average Bonchev–Trinajstić information content (AvgIpc) is 3.02. The fourth-order valence-corrected chi connectivity index (χ4v) is 4.98. The van der Waals surface area contributed by atoms with Crippen LogP contribution in [0.15, 0.2) is 12.1 Å². The lowest BCUT2D eigenvalue weighted by Crippen LogP contribution is -2.06. The van der Waals surface area contributed by atoms with Crippen molar-refractivity contribution >= 4 is 46.0 Å².